The summed E-state index contributed by atoms with van der Waals surface area (Å²) < 4.78 is 27.5. The van der Waals surface area contributed by atoms with Crippen molar-refractivity contribution in [2.24, 2.45) is 0 Å². The predicted octanol–water partition coefficient (Wildman–Crippen LogP) is 4.02. The van der Waals surface area contributed by atoms with Crippen molar-refractivity contribution in [2.45, 2.75) is 30.6 Å². The first-order chi connectivity index (χ1) is 14.5. The fourth-order valence-electron chi connectivity index (χ4n) is 3.38. The Bertz CT molecular complexity index is 1120. The number of amides is 1. The van der Waals surface area contributed by atoms with Crippen molar-refractivity contribution in [3.8, 4) is 11.3 Å². The van der Waals surface area contributed by atoms with Gasteiger partial charge >= 0.3 is 0 Å². The van der Waals surface area contributed by atoms with Crippen molar-refractivity contribution in [3.05, 3.63) is 59.7 Å². The van der Waals surface area contributed by atoms with E-state index >= 15 is 0 Å². The lowest BCUT2D eigenvalue weighted by Gasteiger charge is -2.20. The summed E-state index contributed by atoms with van der Waals surface area (Å²) in [5, 5.41) is 5.04. The number of sulfonamides is 1. The summed E-state index contributed by atoms with van der Waals surface area (Å²) in [7, 11) is -3.61. The summed E-state index contributed by atoms with van der Waals surface area (Å²) in [6, 6.07) is 9.90. The van der Waals surface area contributed by atoms with E-state index in [4.69, 9.17) is 0 Å². The van der Waals surface area contributed by atoms with Gasteiger partial charge in [0.1, 0.15) is 0 Å². The molecule has 9 heteroatoms. The lowest BCUT2D eigenvalue weighted by atomic mass is 10.2. The highest BCUT2D eigenvalue weighted by molar-refractivity contribution is 7.89. The van der Waals surface area contributed by atoms with E-state index in [0.29, 0.717) is 18.2 Å². The van der Waals surface area contributed by atoms with Crippen LogP contribution in [0.25, 0.3) is 11.3 Å². The number of pyridine rings is 1. The van der Waals surface area contributed by atoms with Crippen LogP contribution in [0, 0.1) is 0 Å². The van der Waals surface area contributed by atoms with Crippen molar-refractivity contribution < 1.29 is 13.2 Å². The number of nitrogens with zero attached hydrogens (tertiary/aromatic N) is 3. The van der Waals surface area contributed by atoms with Crippen LogP contribution in [0.4, 0.5) is 5.13 Å². The normalized spacial score (nSPS) is 15.5. The summed E-state index contributed by atoms with van der Waals surface area (Å²) in [6.07, 6.45) is 7.21. The van der Waals surface area contributed by atoms with Gasteiger partial charge in [0.05, 0.1) is 10.6 Å². The predicted molar refractivity (Wildman–Crippen MR) is 117 cm³/mol. The van der Waals surface area contributed by atoms with Crippen LogP contribution in [0.15, 0.2) is 59.1 Å². The molecule has 1 amide bonds. The molecule has 0 bridgehead atoms. The van der Waals surface area contributed by atoms with Crippen molar-refractivity contribution in [1.82, 2.24) is 14.3 Å². The number of hydrogen-bond acceptors (Lipinski definition) is 6. The molecule has 156 valence electrons. The zero-order chi connectivity index (χ0) is 21.0. The third-order valence-corrected chi connectivity index (χ3v) is 7.63. The van der Waals surface area contributed by atoms with Crippen LogP contribution in [0.5, 0.6) is 0 Å². The third kappa shape index (κ3) is 4.58. The van der Waals surface area contributed by atoms with Gasteiger partial charge in [-0.05, 0) is 43.2 Å². The molecule has 7 nitrogen and oxygen atoms in total. The van der Waals surface area contributed by atoms with Crippen molar-refractivity contribution in [2.75, 3.05) is 18.4 Å². The Kier molecular flexibility index (Phi) is 6.21. The molecule has 2 aromatic heterocycles. The SMILES string of the molecule is O=C(Nc1nc(-c2cccnc2)cs1)c1cccc(S(=O)(=O)N2CCCCCC2)c1. The van der Waals surface area contributed by atoms with E-state index in [2.05, 4.69) is 15.3 Å². The quantitative estimate of drug-likeness (QED) is 0.644. The fourth-order valence-corrected chi connectivity index (χ4v) is 5.65. The van der Waals surface area contributed by atoms with Gasteiger partial charge in [0.2, 0.25) is 10.0 Å². The van der Waals surface area contributed by atoms with E-state index in [1.807, 2.05) is 17.5 Å². The van der Waals surface area contributed by atoms with Crippen molar-refractivity contribution in [1.29, 1.82) is 0 Å². The van der Waals surface area contributed by atoms with Gasteiger partial charge in [-0.25, -0.2) is 13.4 Å². The second kappa shape index (κ2) is 9.03. The minimum atomic E-state index is -3.61. The van der Waals surface area contributed by atoms with Crippen LogP contribution in [0.1, 0.15) is 36.0 Å². The molecule has 30 heavy (non-hydrogen) atoms. The third-order valence-electron chi connectivity index (χ3n) is 4.98. The van der Waals surface area contributed by atoms with Crippen LogP contribution in [-0.4, -0.2) is 41.7 Å². The highest BCUT2D eigenvalue weighted by Gasteiger charge is 2.26. The average molecular weight is 443 g/mol. The Morgan fingerprint density at radius 3 is 2.60 bits per heavy atom. The first kappa shape index (κ1) is 20.6. The molecule has 1 N–H and O–H groups in total. The minimum absolute atomic E-state index is 0.146. The maximum Gasteiger partial charge on any atom is 0.257 e. The maximum atomic E-state index is 13.0. The molecule has 4 rings (SSSR count). The molecule has 3 aromatic rings. The first-order valence-corrected chi connectivity index (χ1v) is 12.1. The summed E-state index contributed by atoms with van der Waals surface area (Å²) >= 11 is 1.30. The Morgan fingerprint density at radius 1 is 1.07 bits per heavy atom. The summed E-state index contributed by atoms with van der Waals surface area (Å²) in [5.74, 6) is -0.394. The van der Waals surface area contributed by atoms with Crippen LogP contribution in [0.2, 0.25) is 0 Å². The minimum Gasteiger partial charge on any atom is -0.298 e. The highest BCUT2D eigenvalue weighted by Crippen LogP contribution is 2.25. The molecular weight excluding hydrogens is 420 g/mol. The van der Waals surface area contributed by atoms with E-state index in [0.717, 1.165) is 36.9 Å². The topological polar surface area (TPSA) is 92.3 Å². The maximum absolute atomic E-state index is 13.0. The van der Waals surface area contributed by atoms with Gasteiger partial charge in [-0.15, -0.1) is 11.3 Å². The Balaban J connectivity index is 1.51. The van der Waals surface area contributed by atoms with Crippen molar-refractivity contribution in [3.63, 3.8) is 0 Å². The smallest absolute Gasteiger partial charge is 0.257 e. The molecule has 0 unspecified atom stereocenters. The largest absolute Gasteiger partial charge is 0.298 e. The molecule has 0 spiro atoms. The van der Waals surface area contributed by atoms with E-state index in [1.165, 1.54) is 21.7 Å². The van der Waals surface area contributed by atoms with Gasteiger partial charge in [0.15, 0.2) is 5.13 Å². The van der Waals surface area contributed by atoms with Gasteiger partial charge in [0, 0.05) is 42.0 Å². The van der Waals surface area contributed by atoms with E-state index in [1.54, 1.807) is 30.6 Å². The molecular formula is C21H22N4O3S2. The van der Waals surface area contributed by atoms with Gasteiger partial charge in [0.25, 0.3) is 5.91 Å². The van der Waals surface area contributed by atoms with E-state index in [9.17, 15) is 13.2 Å². The second-order valence-corrected chi connectivity index (χ2v) is 9.88. The molecule has 1 fully saturated rings. The molecule has 0 radical (unpaired) electrons. The van der Waals surface area contributed by atoms with E-state index < -0.39 is 15.9 Å². The van der Waals surface area contributed by atoms with Crippen LogP contribution < -0.4 is 5.32 Å². The second-order valence-electron chi connectivity index (χ2n) is 7.08. The molecule has 3 heterocycles. The number of nitrogens with one attached hydrogen (secondary N) is 1. The molecule has 0 atom stereocenters. The van der Waals surface area contributed by atoms with Gasteiger partial charge < -0.3 is 0 Å². The Morgan fingerprint density at radius 2 is 1.87 bits per heavy atom. The lowest BCUT2D eigenvalue weighted by Crippen LogP contribution is -2.32. The van der Waals surface area contributed by atoms with E-state index in [-0.39, 0.29) is 10.5 Å². The molecule has 0 saturated carbocycles. The van der Waals surface area contributed by atoms with Gasteiger partial charge in [-0.3, -0.25) is 15.1 Å². The van der Waals surface area contributed by atoms with Gasteiger partial charge in [-0.2, -0.15) is 4.31 Å². The monoisotopic (exact) mass is 442 g/mol. The summed E-state index contributed by atoms with van der Waals surface area (Å²) in [5.41, 5.74) is 1.87. The molecule has 1 aromatic carbocycles. The lowest BCUT2D eigenvalue weighted by molar-refractivity contribution is 0.102. The number of carbonyl (C=O) groups excluding carboxylic acids is 1. The molecule has 0 aliphatic carbocycles. The first-order valence-electron chi connectivity index (χ1n) is 9.81. The van der Waals surface area contributed by atoms with Crippen LogP contribution in [0.3, 0.4) is 0 Å². The number of hydrogen-bond donors (Lipinski definition) is 1. The van der Waals surface area contributed by atoms with Gasteiger partial charge in [-0.1, -0.05) is 18.9 Å². The zero-order valence-corrected chi connectivity index (χ0v) is 18.0. The fraction of sp³-hybridized carbons (Fsp3) is 0.286. The number of rotatable bonds is 5. The average Bonchev–Trinajstić information content (AvgIpc) is 3.05. The Labute approximate surface area is 179 Å². The Hall–Kier alpha value is -2.62. The number of aromatic nitrogens is 2. The van der Waals surface area contributed by atoms with Crippen molar-refractivity contribution >= 4 is 32.4 Å². The molecule has 1 aliphatic heterocycles. The summed E-state index contributed by atoms with van der Waals surface area (Å²) in [4.78, 5) is 21.3. The number of anilines is 1. The zero-order valence-electron chi connectivity index (χ0n) is 16.3. The van der Waals surface area contributed by atoms with Crippen LogP contribution >= 0.6 is 11.3 Å². The number of benzene rings is 1. The van der Waals surface area contributed by atoms with Crippen LogP contribution in [-0.2, 0) is 10.0 Å². The number of carbonyl (C=O) groups is 1. The number of thiazole rings is 1. The highest BCUT2D eigenvalue weighted by atomic mass is 32.2. The summed E-state index contributed by atoms with van der Waals surface area (Å²) in [6.45, 7) is 1.05. The molecule has 1 aliphatic rings. The standard InChI is InChI=1S/C21H22N4O3S2/c26-20(24-21-23-19(15-29-21)17-8-6-10-22-14-17)16-7-5-9-18(13-16)30(27,28)25-11-3-1-2-4-12-25/h5-10,13-15H,1-4,11-12H2,(H,23,24,26). The molecule has 1 saturated heterocycles.